The highest BCUT2D eigenvalue weighted by Crippen LogP contribution is 2.32. The van der Waals surface area contributed by atoms with Crippen LogP contribution in [0.5, 0.6) is 0 Å². The van der Waals surface area contributed by atoms with Crippen molar-refractivity contribution in [3.8, 4) is 11.1 Å². The van der Waals surface area contributed by atoms with Gasteiger partial charge in [-0.05, 0) is 66.4 Å². The number of nitrogens with one attached hydrogen (secondary N) is 4. The van der Waals surface area contributed by atoms with E-state index in [9.17, 15) is 37.1 Å². The van der Waals surface area contributed by atoms with Gasteiger partial charge in [-0.25, -0.2) is 0 Å². The standard InChI is InChI=1S/C38H37F3N4O6/c1-4-43-35(49)37(36(50)44-5-2,26-11-7-6-8-12-26)23-51-32(46)22-24-15-20-31(30(21-24)33(47)42-3)45-34(48)29-14-10-9-13-28(29)25-16-18-27(19-17-25)38(39,40)41/h6-21H,4-5,22-23H2,1-3H3,(H,42,47)(H,43,49)(H,44,50)(H,45,48). The molecular weight excluding hydrogens is 665 g/mol. The molecule has 0 aliphatic carbocycles. The molecule has 4 amide bonds. The minimum atomic E-state index is -4.52. The quantitative estimate of drug-likeness (QED) is 0.110. The minimum Gasteiger partial charge on any atom is -0.463 e. The number of carbonyl (C=O) groups excluding carboxylic acids is 5. The van der Waals surface area contributed by atoms with E-state index in [1.807, 2.05) is 0 Å². The first kappa shape index (κ1) is 37.8. The van der Waals surface area contributed by atoms with E-state index in [2.05, 4.69) is 21.3 Å². The van der Waals surface area contributed by atoms with E-state index in [-0.39, 0.29) is 36.3 Å². The van der Waals surface area contributed by atoms with Gasteiger partial charge in [-0.3, -0.25) is 24.0 Å². The predicted octanol–water partition coefficient (Wildman–Crippen LogP) is 5.28. The molecule has 0 aromatic heterocycles. The molecule has 0 spiro atoms. The molecule has 0 aliphatic heterocycles. The molecule has 0 aliphatic rings. The third-order valence-corrected chi connectivity index (χ3v) is 8.01. The fourth-order valence-corrected chi connectivity index (χ4v) is 5.43. The number of rotatable bonds is 13. The zero-order chi connectivity index (χ0) is 37.2. The molecule has 10 nitrogen and oxygen atoms in total. The Labute approximate surface area is 292 Å². The van der Waals surface area contributed by atoms with Crippen molar-refractivity contribution in [3.05, 3.63) is 125 Å². The number of anilines is 1. The van der Waals surface area contributed by atoms with Gasteiger partial charge in [-0.1, -0.05) is 66.7 Å². The van der Waals surface area contributed by atoms with Crippen molar-refractivity contribution in [2.24, 2.45) is 0 Å². The van der Waals surface area contributed by atoms with E-state index in [0.717, 1.165) is 12.1 Å². The summed E-state index contributed by atoms with van der Waals surface area (Å²) in [6, 6.07) is 23.3. The lowest BCUT2D eigenvalue weighted by molar-refractivity contribution is -0.150. The molecule has 0 radical (unpaired) electrons. The third-order valence-electron chi connectivity index (χ3n) is 8.01. The number of halogens is 3. The fourth-order valence-electron chi connectivity index (χ4n) is 5.43. The number of ether oxygens (including phenoxy) is 1. The van der Waals surface area contributed by atoms with E-state index in [4.69, 9.17) is 4.74 Å². The lowest BCUT2D eigenvalue weighted by Gasteiger charge is -2.31. The average Bonchev–Trinajstić information content (AvgIpc) is 3.12. The fraction of sp³-hybridized carbons (Fsp3) is 0.237. The van der Waals surface area contributed by atoms with Gasteiger partial charge < -0.3 is 26.0 Å². The van der Waals surface area contributed by atoms with E-state index in [1.165, 1.54) is 43.4 Å². The predicted molar refractivity (Wildman–Crippen MR) is 185 cm³/mol. The number of hydrogen-bond donors (Lipinski definition) is 4. The Kier molecular flexibility index (Phi) is 12.3. The van der Waals surface area contributed by atoms with Crippen LogP contribution >= 0.6 is 0 Å². The molecule has 4 N–H and O–H groups in total. The molecule has 0 atom stereocenters. The summed E-state index contributed by atoms with van der Waals surface area (Å²) >= 11 is 0. The van der Waals surface area contributed by atoms with Crippen LogP contribution < -0.4 is 21.3 Å². The van der Waals surface area contributed by atoms with E-state index < -0.39 is 53.4 Å². The minimum absolute atomic E-state index is 0.0199. The van der Waals surface area contributed by atoms with Crippen LogP contribution in [0.4, 0.5) is 18.9 Å². The highest BCUT2D eigenvalue weighted by atomic mass is 19.4. The normalized spacial score (nSPS) is 11.3. The van der Waals surface area contributed by atoms with Crippen LogP contribution in [0.25, 0.3) is 11.1 Å². The molecule has 0 unspecified atom stereocenters. The van der Waals surface area contributed by atoms with Gasteiger partial charge in [-0.15, -0.1) is 0 Å². The monoisotopic (exact) mass is 702 g/mol. The van der Waals surface area contributed by atoms with E-state index in [1.54, 1.807) is 62.4 Å². The number of amides is 4. The molecule has 13 heteroatoms. The van der Waals surface area contributed by atoms with Gasteiger partial charge in [0.2, 0.25) is 11.8 Å². The van der Waals surface area contributed by atoms with Gasteiger partial charge in [0.05, 0.1) is 23.2 Å². The maximum atomic E-state index is 13.5. The van der Waals surface area contributed by atoms with Gasteiger partial charge in [0.25, 0.3) is 11.8 Å². The van der Waals surface area contributed by atoms with Gasteiger partial charge in [0, 0.05) is 25.7 Å². The molecule has 0 saturated carbocycles. The van der Waals surface area contributed by atoms with Crippen LogP contribution in [0, 0.1) is 0 Å². The summed E-state index contributed by atoms with van der Waals surface area (Å²) in [6.07, 6.45) is -4.86. The summed E-state index contributed by atoms with van der Waals surface area (Å²) in [5.41, 5.74) is -1.01. The summed E-state index contributed by atoms with van der Waals surface area (Å²) in [7, 11) is 1.39. The number of alkyl halides is 3. The molecule has 266 valence electrons. The van der Waals surface area contributed by atoms with Crippen LogP contribution in [0.15, 0.2) is 97.1 Å². The molecule has 0 heterocycles. The summed E-state index contributed by atoms with van der Waals surface area (Å²) in [6.45, 7) is 3.26. The largest absolute Gasteiger partial charge is 0.463 e. The van der Waals surface area contributed by atoms with Crippen LogP contribution in [0.2, 0.25) is 0 Å². The van der Waals surface area contributed by atoms with Crippen molar-refractivity contribution in [2.75, 3.05) is 32.1 Å². The molecule has 4 aromatic carbocycles. The Morgan fingerprint density at radius 3 is 1.88 bits per heavy atom. The van der Waals surface area contributed by atoms with Gasteiger partial charge in [0.15, 0.2) is 5.41 Å². The van der Waals surface area contributed by atoms with Crippen LogP contribution in [0.3, 0.4) is 0 Å². The lowest BCUT2D eigenvalue weighted by atomic mass is 9.79. The first-order valence-electron chi connectivity index (χ1n) is 16.1. The first-order valence-corrected chi connectivity index (χ1v) is 16.1. The third kappa shape index (κ3) is 8.79. The highest BCUT2D eigenvalue weighted by molar-refractivity contribution is 6.12. The lowest BCUT2D eigenvalue weighted by Crippen LogP contribution is -2.57. The van der Waals surface area contributed by atoms with Crippen molar-refractivity contribution < 1.29 is 41.9 Å². The number of hydrogen-bond acceptors (Lipinski definition) is 6. The molecular formula is C38H37F3N4O6. The molecule has 0 saturated heterocycles. The molecule has 0 fully saturated rings. The van der Waals surface area contributed by atoms with Gasteiger partial charge in [-0.2, -0.15) is 13.2 Å². The second-order valence-corrected chi connectivity index (χ2v) is 11.4. The highest BCUT2D eigenvalue weighted by Gasteiger charge is 2.48. The Morgan fingerprint density at radius 2 is 1.29 bits per heavy atom. The second-order valence-electron chi connectivity index (χ2n) is 11.4. The van der Waals surface area contributed by atoms with Crippen molar-refractivity contribution in [1.29, 1.82) is 0 Å². The summed E-state index contributed by atoms with van der Waals surface area (Å²) in [5.74, 6) is -3.27. The van der Waals surface area contributed by atoms with Gasteiger partial charge in [0.1, 0.15) is 6.61 Å². The van der Waals surface area contributed by atoms with Crippen LogP contribution in [0.1, 0.15) is 51.3 Å². The Balaban J connectivity index is 1.57. The second kappa shape index (κ2) is 16.6. The summed E-state index contributed by atoms with van der Waals surface area (Å²) in [5, 5.41) is 10.5. The summed E-state index contributed by atoms with van der Waals surface area (Å²) in [4.78, 5) is 66.4. The van der Waals surface area contributed by atoms with Crippen molar-refractivity contribution in [3.63, 3.8) is 0 Å². The Bertz CT molecular complexity index is 1880. The van der Waals surface area contributed by atoms with Gasteiger partial charge >= 0.3 is 12.1 Å². The molecule has 4 rings (SSSR count). The molecule has 4 aromatic rings. The molecule has 51 heavy (non-hydrogen) atoms. The van der Waals surface area contributed by atoms with Crippen molar-refractivity contribution >= 4 is 35.3 Å². The number of esters is 1. The number of benzene rings is 4. The smallest absolute Gasteiger partial charge is 0.416 e. The Hall–Kier alpha value is -5.98. The topological polar surface area (TPSA) is 143 Å². The van der Waals surface area contributed by atoms with Crippen LogP contribution in [-0.4, -0.2) is 56.3 Å². The number of carbonyl (C=O) groups is 5. The van der Waals surface area contributed by atoms with E-state index >= 15 is 0 Å². The van der Waals surface area contributed by atoms with Crippen molar-refractivity contribution in [2.45, 2.75) is 31.9 Å². The average molecular weight is 703 g/mol. The zero-order valence-corrected chi connectivity index (χ0v) is 28.1. The first-order chi connectivity index (χ1) is 24.3. The van der Waals surface area contributed by atoms with E-state index in [0.29, 0.717) is 22.3 Å². The summed E-state index contributed by atoms with van der Waals surface area (Å²) < 4.78 is 44.9. The zero-order valence-electron chi connectivity index (χ0n) is 28.1. The maximum absolute atomic E-state index is 13.5. The van der Waals surface area contributed by atoms with Crippen molar-refractivity contribution in [1.82, 2.24) is 16.0 Å². The number of likely N-dealkylation sites (N-methyl/N-ethyl adjacent to an activating group) is 2. The molecule has 0 bridgehead atoms. The SMILES string of the molecule is CCNC(=O)C(COC(=O)Cc1ccc(NC(=O)c2ccccc2-c2ccc(C(F)(F)F)cc2)c(C(=O)NC)c1)(C(=O)NCC)c1ccccc1. The van der Waals surface area contributed by atoms with Crippen LogP contribution in [-0.2, 0) is 37.1 Å². The maximum Gasteiger partial charge on any atom is 0.416 e. The Morgan fingerprint density at radius 1 is 0.686 bits per heavy atom.